The second-order valence-corrected chi connectivity index (χ2v) is 1.66. The maximum Gasteiger partial charge on any atom is 0.141 e. The van der Waals surface area contributed by atoms with E-state index in [1.165, 1.54) is 0 Å². The summed E-state index contributed by atoms with van der Waals surface area (Å²) in [5.74, 6) is 0.766. The molecule has 2 heteroatoms. The van der Waals surface area contributed by atoms with Crippen molar-refractivity contribution < 1.29 is 4.52 Å². The molecule has 0 saturated heterocycles. The van der Waals surface area contributed by atoms with Crippen LogP contribution in [0.1, 0.15) is 18.4 Å². The van der Waals surface area contributed by atoms with Crippen LogP contribution >= 0.6 is 0 Å². The monoisotopic (exact) mass is 110 g/mol. The van der Waals surface area contributed by atoms with Gasteiger partial charge in [-0.25, -0.2) is 0 Å². The Morgan fingerprint density at radius 2 is 2.50 bits per heavy atom. The lowest BCUT2D eigenvalue weighted by Gasteiger charge is -1.74. The first-order chi connectivity index (χ1) is 3.83. The summed E-state index contributed by atoms with van der Waals surface area (Å²) in [5.41, 5.74) is 0.905. The van der Waals surface area contributed by atoms with Gasteiger partial charge in [-0.1, -0.05) is 12.1 Å². The number of aromatic nitrogens is 1. The van der Waals surface area contributed by atoms with Crippen LogP contribution in [0.15, 0.2) is 4.52 Å². The molecule has 8 heavy (non-hydrogen) atoms. The molecule has 1 aromatic rings. The average Bonchev–Trinajstić information content (AvgIpc) is 2.14. The number of hydrogen-bond donors (Lipinski definition) is 0. The molecule has 1 heterocycles. The fraction of sp³-hybridized carbons (Fsp3) is 0.500. The summed E-state index contributed by atoms with van der Waals surface area (Å²) in [6.45, 7) is 3.86. The van der Waals surface area contributed by atoms with Crippen LogP contribution in [-0.2, 0) is 6.42 Å². The van der Waals surface area contributed by atoms with Crippen molar-refractivity contribution in [3.8, 4) is 0 Å². The van der Waals surface area contributed by atoms with Crippen molar-refractivity contribution in [1.29, 1.82) is 0 Å². The topological polar surface area (TPSA) is 26.0 Å². The van der Waals surface area contributed by atoms with Crippen molar-refractivity contribution >= 4 is 0 Å². The van der Waals surface area contributed by atoms with E-state index >= 15 is 0 Å². The SMILES string of the molecule is CCc1[c]c(C)on1. The summed E-state index contributed by atoms with van der Waals surface area (Å²) in [6, 6.07) is 2.95. The highest BCUT2D eigenvalue weighted by Gasteiger charge is 1.94. The van der Waals surface area contributed by atoms with Gasteiger partial charge in [-0.3, -0.25) is 0 Å². The first kappa shape index (κ1) is 5.35. The average molecular weight is 110 g/mol. The summed E-state index contributed by atoms with van der Waals surface area (Å²) in [6.07, 6.45) is 0.900. The normalized spacial score (nSPS) is 9.75. The van der Waals surface area contributed by atoms with E-state index in [0.29, 0.717) is 0 Å². The van der Waals surface area contributed by atoms with E-state index in [2.05, 4.69) is 11.2 Å². The van der Waals surface area contributed by atoms with Crippen molar-refractivity contribution in [3.05, 3.63) is 17.5 Å². The van der Waals surface area contributed by atoms with Crippen molar-refractivity contribution in [2.24, 2.45) is 0 Å². The van der Waals surface area contributed by atoms with Crippen molar-refractivity contribution in [3.63, 3.8) is 0 Å². The third kappa shape index (κ3) is 0.886. The molecule has 0 N–H and O–H groups in total. The maximum absolute atomic E-state index is 4.75. The van der Waals surface area contributed by atoms with E-state index in [0.717, 1.165) is 17.9 Å². The van der Waals surface area contributed by atoms with E-state index < -0.39 is 0 Å². The van der Waals surface area contributed by atoms with Gasteiger partial charge in [0.1, 0.15) is 5.76 Å². The van der Waals surface area contributed by atoms with Crippen LogP contribution in [0.25, 0.3) is 0 Å². The lowest BCUT2D eigenvalue weighted by Crippen LogP contribution is -1.74. The molecular formula is C6H8NO. The summed E-state index contributed by atoms with van der Waals surface area (Å²) in [5, 5.41) is 3.70. The summed E-state index contributed by atoms with van der Waals surface area (Å²) in [4.78, 5) is 0. The second-order valence-electron chi connectivity index (χ2n) is 1.66. The Morgan fingerprint density at radius 1 is 1.75 bits per heavy atom. The first-order valence-electron chi connectivity index (χ1n) is 2.67. The van der Waals surface area contributed by atoms with Crippen LogP contribution in [-0.4, -0.2) is 5.16 Å². The van der Waals surface area contributed by atoms with Crippen LogP contribution < -0.4 is 0 Å². The van der Waals surface area contributed by atoms with Gasteiger partial charge in [0.25, 0.3) is 0 Å². The zero-order valence-corrected chi connectivity index (χ0v) is 5.06. The highest BCUT2D eigenvalue weighted by molar-refractivity contribution is 4.99. The molecular weight excluding hydrogens is 102 g/mol. The molecule has 43 valence electrons. The Kier molecular flexibility index (Phi) is 1.33. The smallest absolute Gasteiger partial charge is 0.141 e. The molecule has 1 radical (unpaired) electrons. The highest BCUT2D eigenvalue weighted by atomic mass is 16.5. The molecule has 0 spiro atoms. The fourth-order valence-corrected chi connectivity index (χ4v) is 0.525. The van der Waals surface area contributed by atoms with Crippen molar-refractivity contribution in [2.75, 3.05) is 0 Å². The Balaban J connectivity index is 2.84. The van der Waals surface area contributed by atoms with Crippen LogP contribution in [0.3, 0.4) is 0 Å². The van der Waals surface area contributed by atoms with Crippen LogP contribution in [0.4, 0.5) is 0 Å². The highest BCUT2D eigenvalue weighted by Crippen LogP contribution is 1.99. The number of rotatable bonds is 1. The number of hydrogen-bond acceptors (Lipinski definition) is 2. The molecule has 0 fully saturated rings. The van der Waals surface area contributed by atoms with Gasteiger partial charge in [-0.15, -0.1) is 0 Å². The number of aryl methyl sites for hydroxylation is 2. The minimum Gasteiger partial charge on any atom is -0.361 e. The van der Waals surface area contributed by atoms with E-state index in [1.807, 2.05) is 13.8 Å². The van der Waals surface area contributed by atoms with Crippen molar-refractivity contribution in [2.45, 2.75) is 20.3 Å². The Hall–Kier alpha value is -0.790. The zero-order valence-electron chi connectivity index (χ0n) is 5.06. The molecule has 0 bridgehead atoms. The van der Waals surface area contributed by atoms with Crippen LogP contribution in [0.2, 0.25) is 0 Å². The van der Waals surface area contributed by atoms with Gasteiger partial charge >= 0.3 is 0 Å². The number of nitrogens with zero attached hydrogens (tertiary/aromatic N) is 1. The van der Waals surface area contributed by atoms with Gasteiger partial charge in [0.2, 0.25) is 0 Å². The Morgan fingerprint density at radius 3 is 2.75 bits per heavy atom. The molecule has 0 aliphatic carbocycles. The predicted octanol–water partition coefficient (Wildman–Crippen LogP) is 1.35. The fourth-order valence-electron chi connectivity index (χ4n) is 0.525. The molecule has 1 rings (SSSR count). The van der Waals surface area contributed by atoms with Crippen LogP contribution in [0, 0.1) is 13.0 Å². The molecule has 0 unspecified atom stereocenters. The van der Waals surface area contributed by atoms with Crippen molar-refractivity contribution in [1.82, 2.24) is 5.16 Å². The van der Waals surface area contributed by atoms with E-state index in [4.69, 9.17) is 4.52 Å². The molecule has 0 atom stereocenters. The van der Waals surface area contributed by atoms with E-state index in [9.17, 15) is 0 Å². The lowest BCUT2D eigenvalue weighted by atomic mass is 10.3. The summed E-state index contributed by atoms with van der Waals surface area (Å²) < 4.78 is 4.75. The predicted molar refractivity (Wildman–Crippen MR) is 29.5 cm³/mol. The zero-order chi connectivity index (χ0) is 5.98. The largest absolute Gasteiger partial charge is 0.361 e. The molecule has 1 aromatic heterocycles. The van der Waals surface area contributed by atoms with Gasteiger partial charge in [-0.2, -0.15) is 0 Å². The molecule has 0 aromatic carbocycles. The van der Waals surface area contributed by atoms with Crippen LogP contribution in [0.5, 0.6) is 0 Å². The molecule has 2 nitrogen and oxygen atoms in total. The Bertz CT molecular complexity index is 169. The molecule has 0 aliphatic heterocycles. The van der Waals surface area contributed by atoms with E-state index in [1.54, 1.807) is 0 Å². The maximum atomic E-state index is 4.75. The van der Waals surface area contributed by atoms with Gasteiger partial charge < -0.3 is 4.52 Å². The van der Waals surface area contributed by atoms with Gasteiger partial charge in [0.05, 0.1) is 11.8 Å². The first-order valence-corrected chi connectivity index (χ1v) is 2.67. The minimum atomic E-state index is 0.766. The summed E-state index contributed by atoms with van der Waals surface area (Å²) >= 11 is 0. The van der Waals surface area contributed by atoms with Gasteiger partial charge in [0, 0.05) is 0 Å². The second kappa shape index (κ2) is 1.99. The molecule has 0 amide bonds. The third-order valence-corrected chi connectivity index (χ3v) is 0.948. The van der Waals surface area contributed by atoms with E-state index in [-0.39, 0.29) is 0 Å². The minimum absolute atomic E-state index is 0.766. The van der Waals surface area contributed by atoms with Gasteiger partial charge in [-0.05, 0) is 13.3 Å². The Labute approximate surface area is 48.5 Å². The molecule has 0 saturated carbocycles. The van der Waals surface area contributed by atoms with Gasteiger partial charge in [0.15, 0.2) is 0 Å². The standard InChI is InChI=1S/C6H8NO/c1-3-6-4-5(2)8-7-6/h3H2,1-2H3. The molecule has 0 aliphatic rings. The lowest BCUT2D eigenvalue weighted by molar-refractivity contribution is 0.391. The summed E-state index contributed by atoms with van der Waals surface area (Å²) in [7, 11) is 0. The third-order valence-electron chi connectivity index (χ3n) is 0.948. The quantitative estimate of drug-likeness (QED) is 0.545.